The van der Waals surface area contributed by atoms with Crippen molar-refractivity contribution < 1.29 is 13.2 Å². The van der Waals surface area contributed by atoms with Crippen LogP contribution in [-0.4, -0.2) is 40.1 Å². The molecule has 1 N–H and O–H groups in total. The lowest BCUT2D eigenvalue weighted by molar-refractivity contribution is 0.132. The Morgan fingerprint density at radius 3 is 2.44 bits per heavy atom. The summed E-state index contributed by atoms with van der Waals surface area (Å²) < 4.78 is 35.0. The van der Waals surface area contributed by atoms with Crippen molar-refractivity contribution in [3.05, 3.63) is 29.4 Å². The molecule has 1 saturated carbocycles. The van der Waals surface area contributed by atoms with Gasteiger partial charge in [0.2, 0.25) is 0 Å². The lowest BCUT2D eigenvalue weighted by atomic mass is 9.94. The number of aromatic nitrogens is 4. The summed E-state index contributed by atoms with van der Waals surface area (Å²) >= 11 is 5.74. The van der Waals surface area contributed by atoms with Crippen LogP contribution in [0.15, 0.2) is 23.6 Å². The molecule has 0 unspecified atom stereocenters. The molecule has 25 heavy (non-hydrogen) atoms. The third kappa shape index (κ3) is 4.47. The Morgan fingerprint density at radius 1 is 1.24 bits per heavy atom. The minimum absolute atomic E-state index is 0.0287. The minimum Gasteiger partial charge on any atom is -0.460 e. The lowest BCUT2D eigenvalue weighted by Gasteiger charge is -2.28. The largest absolute Gasteiger partial charge is 0.460 e. The fraction of sp³-hybridized carbons (Fsp3) is 0.533. The zero-order chi connectivity index (χ0) is 18.0. The molecule has 2 aromatic heterocycles. The maximum Gasteiger partial charge on any atom is 0.316 e. The number of aryl methyl sites for hydroxylation is 2. The first-order chi connectivity index (χ1) is 11.8. The Morgan fingerprint density at radius 2 is 1.88 bits per heavy atom. The average Bonchev–Trinajstić information content (AvgIpc) is 2.91. The number of ether oxygens (including phenoxy) is 1. The van der Waals surface area contributed by atoms with Gasteiger partial charge in [0.15, 0.2) is 5.03 Å². The van der Waals surface area contributed by atoms with Gasteiger partial charge in [-0.05, 0) is 32.6 Å². The molecule has 0 radical (unpaired) electrons. The van der Waals surface area contributed by atoms with Crippen LogP contribution in [0.4, 0.5) is 0 Å². The molecule has 0 amide bonds. The highest BCUT2D eigenvalue weighted by molar-refractivity contribution is 7.89. The normalized spacial score (nSPS) is 21.2. The number of sulfonamides is 1. The monoisotopic (exact) mass is 385 g/mol. The van der Waals surface area contributed by atoms with Crippen molar-refractivity contribution in [1.29, 1.82) is 0 Å². The SMILES string of the molecule is Cc1nc(S(=O)(=O)NC2CCC(Oc3ncc(Cl)cn3)CC2)cn1C. The summed E-state index contributed by atoms with van der Waals surface area (Å²) in [5, 5.41) is 0.510. The van der Waals surface area contributed by atoms with Crippen molar-refractivity contribution in [2.45, 2.75) is 49.8 Å². The molecule has 0 aromatic carbocycles. The Balaban J connectivity index is 1.54. The van der Waals surface area contributed by atoms with E-state index in [4.69, 9.17) is 16.3 Å². The maximum absolute atomic E-state index is 12.4. The van der Waals surface area contributed by atoms with Gasteiger partial charge in [-0.3, -0.25) is 0 Å². The Labute approximate surface area is 151 Å². The molecule has 0 aliphatic heterocycles. The number of hydrogen-bond acceptors (Lipinski definition) is 6. The zero-order valence-corrected chi connectivity index (χ0v) is 15.6. The van der Waals surface area contributed by atoms with Crippen LogP contribution >= 0.6 is 11.6 Å². The van der Waals surface area contributed by atoms with E-state index < -0.39 is 10.0 Å². The van der Waals surface area contributed by atoms with Crippen LogP contribution < -0.4 is 9.46 Å². The van der Waals surface area contributed by atoms with E-state index in [1.165, 1.54) is 18.6 Å². The van der Waals surface area contributed by atoms with Crippen molar-refractivity contribution in [2.24, 2.45) is 7.05 Å². The smallest absolute Gasteiger partial charge is 0.316 e. The molecule has 0 atom stereocenters. The number of nitrogens with zero attached hydrogens (tertiary/aromatic N) is 4. The van der Waals surface area contributed by atoms with E-state index >= 15 is 0 Å². The van der Waals surface area contributed by atoms with Gasteiger partial charge in [0, 0.05) is 19.3 Å². The summed E-state index contributed by atoms with van der Waals surface area (Å²) in [5.41, 5.74) is 0. The third-order valence-electron chi connectivity index (χ3n) is 4.23. The molecule has 136 valence electrons. The summed E-state index contributed by atoms with van der Waals surface area (Å²) in [7, 11) is -1.84. The number of halogens is 1. The summed E-state index contributed by atoms with van der Waals surface area (Å²) in [6.45, 7) is 1.76. The first kappa shape index (κ1) is 18.1. The fourth-order valence-electron chi connectivity index (χ4n) is 2.74. The van der Waals surface area contributed by atoms with Crippen molar-refractivity contribution in [3.63, 3.8) is 0 Å². The molecule has 2 heterocycles. The second kappa shape index (κ2) is 7.27. The highest BCUT2D eigenvalue weighted by Gasteiger charge is 2.28. The molecular formula is C15H20ClN5O3S. The molecule has 3 rings (SSSR count). The van der Waals surface area contributed by atoms with E-state index in [0.717, 1.165) is 12.8 Å². The van der Waals surface area contributed by atoms with E-state index in [2.05, 4.69) is 19.7 Å². The Kier molecular flexibility index (Phi) is 5.26. The zero-order valence-electron chi connectivity index (χ0n) is 14.0. The van der Waals surface area contributed by atoms with Gasteiger partial charge < -0.3 is 9.30 Å². The standard InChI is InChI=1S/C15H20ClN5O3S/c1-10-19-14(9-21(10)2)25(22,23)20-12-3-5-13(6-4-12)24-15-17-7-11(16)8-18-15/h7-9,12-13,20H,3-6H2,1-2H3. The van der Waals surface area contributed by atoms with E-state index in [9.17, 15) is 8.42 Å². The topological polar surface area (TPSA) is 99.0 Å². The van der Waals surface area contributed by atoms with Gasteiger partial charge in [-0.2, -0.15) is 0 Å². The first-order valence-corrected chi connectivity index (χ1v) is 9.86. The molecular weight excluding hydrogens is 366 g/mol. The molecule has 0 bridgehead atoms. The predicted octanol–water partition coefficient (Wildman–Crippen LogP) is 1.84. The fourth-order valence-corrected chi connectivity index (χ4v) is 4.19. The maximum atomic E-state index is 12.4. The highest BCUT2D eigenvalue weighted by atomic mass is 35.5. The summed E-state index contributed by atoms with van der Waals surface area (Å²) in [4.78, 5) is 12.1. The quantitative estimate of drug-likeness (QED) is 0.843. The second-order valence-corrected chi connectivity index (χ2v) is 8.23. The molecule has 10 heteroatoms. The molecule has 1 fully saturated rings. The van der Waals surface area contributed by atoms with Crippen LogP contribution in [0.25, 0.3) is 0 Å². The van der Waals surface area contributed by atoms with Gasteiger partial charge in [-0.25, -0.2) is 28.1 Å². The van der Waals surface area contributed by atoms with Crippen molar-refractivity contribution >= 4 is 21.6 Å². The third-order valence-corrected chi connectivity index (χ3v) is 5.81. The Bertz CT molecular complexity index is 810. The van der Waals surface area contributed by atoms with Crippen LogP contribution in [-0.2, 0) is 17.1 Å². The van der Waals surface area contributed by atoms with Gasteiger partial charge in [-0.15, -0.1) is 0 Å². The molecule has 8 nitrogen and oxygen atoms in total. The first-order valence-electron chi connectivity index (χ1n) is 8.00. The molecule has 1 aliphatic rings. The Hall–Kier alpha value is -1.71. The number of hydrogen-bond donors (Lipinski definition) is 1. The van der Waals surface area contributed by atoms with Crippen molar-refractivity contribution in [1.82, 2.24) is 24.2 Å². The van der Waals surface area contributed by atoms with Crippen molar-refractivity contribution in [2.75, 3.05) is 0 Å². The predicted molar refractivity (Wildman–Crippen MR) is 92.0 cm³/mol. The summed E-state index contributed by atoms with van der Waals surface area (Å²) in [6.07, 6.45) is 7.27. The van der Waals surface area contributed by atoms with Gasteiger partial charge in [0.05, 0.1) is 17.4 Å². The lowest BCUT2D eigenvalue weighted by Crippen LogP contribution is -2.39. The molecule has 1 aliphatic carbocycles. The van der Waals surface area contributed by atoms with Crippen LogP contribution in [0.2, 0.25) is 5.02 Å². The molecule has 0 saturated heterocycles. The van der Waals surface area contributed by atoms with Crippen LogP contribution in [0.1, 0.15) is 31.5 Å². The van der Waals surface area contributed by atoms with E-state index in [0.29, 0.717) is 23.7 Å². The van der Waals surface area contributed by atoms with Crippen molar-refractivity contribution in [3.8, 4) is 6.01 Å². The number of nitrogens with one attached hydrogen (secondary N) is 1. The minimum atomic E-state index is -3.60. The van der Waals surface area contributed by atoms with Crippen LogP contribution in [0, 0.1) is 6.92 Å². The highest BCUT2D eigenvalue weighted by Crippen LogP contribution is 2.23. The van der Waals surface area contributed by atoms with Crippen LogP contribution in [0.3, 0.4) is 0 Å². The molecule has 0 spiro atoms. The van der Waals surface area contributed by atoms with Gasteiger partial charge in [0.1, 0.15) is 11.9 Å². The molecule has 2 aromatic rings. The van der Waals surface area contributed by atoms with Gasteiger partial charge in [0.25, 0.3) is 10.0 Å². The van der Waals surface area contributed by atoms with Gasteiger partial charge in [-0.1, -0.05) is 11.6 Å². The number of imidazole rings is 1. The average molecular weight is 386 g/mol. The summed E-state index contributed by atoms with van der Waals surface area (Å²) in [6, 6.07) is 0.163. The van der Waals surface area contributed by atoms with E-state index in [1.807, 2.05) is 0 Å². The van der Waals surface area contributed by atoms with E-state index in [1.54, 1.807) is 18.5 Å². The second-order valence-electron chi connectivity index (χ2n) is 6.13. The van der Waals surface area contributed by atoms with Crippen LogP contribution in [0.5, 0.6) is 6.01 Å². The number of rotatable bonds is 5. The van der Waals surface area contributed by atoms with Gasteiger partial charge >= 0.3 is 6.01 Å². The van der Waals surface area contributed by atoms with E-state index in [-0.39, 0.29) is 23.2 Å². The summed E-state index contributed by atoms with van der Waals surface area (Å²) in [5.74, 6) is 0.653.